The summed E-state index contributed by atoms with van der Waals surface area (Å²) < 4.78 is 5.79. The second-order valence-electron chi connectivity index (χ2n) is 6.58. The van der Waals surface area contributed by atoms with Crippen LogP contribution < -0.4 is 10.6 Å². The fourth-order valence-electron chi connectivity index (χ4n) is 3.08. The zero-order chi connectivity index (χ0) is 17.2. The molecule has 3 N–H and O–H groups in total. The van der Waals surface area contributed by atoms with E-state index in [9.17, 15) is 4.79 Å². The first-order valence-corrected chi connectivity index (χ1v) is 9.00. The molecule has 0 saturated heterocycles. The van der Waals surface area contributed by atoms with Crippen LogP contribution in [0.3, 0.4) is 0 Å². The summed E-state index contributed by atoms with van der Waals surface area (Å²) in [6.07, 6.45) is 4.76. The minimum Gasteiger partial charge on any atom is -0.396 e. The zero-order valence-corrected chi connectivity index (χ0v) is 14.5. The van der Waals surface area contributed by atoms with Crippen LogP contribution in [0.25, 0.3) is 0 Å². The number of aliphatic hydroxyl groups excluding tert-OH is 1. The monoisotopic (exact) mass is 334 g/mol. The number of ether oxygens (including phenoxy) is 1. The molecule has 0 radical (unpaired) electrons. The number of hydrogen-bond donors (Lipinski definition) is 3. The Morgan fingerprint density at radius 3 is 2.62 bits per heavy atom. The summed E-state index contributed by atoms with van der Waals surface area (Å²) in [6.45, 7) is 3.54. The van der Waals surface area contributed by atoms with E-state index in [1.54, 1.807) is 0 Å². The van der Waals surface area contributed by atoms with Crippen LogP contribution >= 0.6 is 0 Å². The maximum Gasteiger partial charge on any atom is 0.315 e. The van der Waals surface area contributed by atoms with Crippen LogP contribution in [-0.2, 0) is 4.74 Å². The summed E-state index contributed by atoms with van der Waals surface area (Å²) in [6, 6.07) is 10.3. The lowest BCUT2D eigenvalue weighted by atomic mass is 9.87. The molecule has 1 unspecified atom stereocenters. The Bertz CT molecular complexity index is 473. The Morgan fingerprint density at radius 1 is 1.25 bits per heavy atom. The van der Waals surface area contributed by atoms with Gasteiger partial charge in [0.05, 0.1) is 6.10 Å². The van der Waals surface area contributed by atoms with Crippen molar-refractivity contribution in [3.63, 3.8) is 0 Å². The van der Waals surface area contributed by atoms with E-state index in [0.29, 0.717) is 19.1 Å². The molecule has 1 aliphatic carbocycles. The number of aliphatic hydroxyl groups is 1. The summed E-state index contributed by atoms with van der Waals surface area (Å²) in [4.78, 5) is 11.9. The van der Waals surface area contributed by atoms with E-state index in [1.807, 2.05) is 25.1 Å². The summed E-state index contributed by atoms with van der Waals surface area (Å²) in [7, 11) is 0. The standard InChI is InChI=1S/C19H30N2O3/c1-15(17-6-3-2-4-7-17)24-13-5-12-20-19(23)21-18-10-8-16(14-22)9-11-18/h2-4,6-7,15-16,18,22H,5,8-14H2,1H3,(H2,20,21,23). The van der Waals surface area contributed by atoms with Gasteiger partial charge in [-0.15, -0.1) is 0 Å². The van der Waals surface area contributed by atoms with Crippen LogP contribution in [0.1, 0.15) is 50.7 Å². The first-order chi connectivity index (χ1) is 11.7. The number of nitrogens with one attached hydrogen (secondary N) is 2. The Labute approximate surface area is 144 Å². The van der Waals surface area contributed by atoms with Gasteiger partial charge < -0.3 is 20.5 Å². The number of carbonyl (C=O) groups is 1. The number of amides is 2. The Hall–Kier alpha value is -1.59. The number of carbonyl (C=O) groups excluding carboxylic acids is 1. The van der Waals surface area contributed by atoms with Crippen LogP contribution in [0.2, 0.25) is 0 Å². The molecule has 24 heavy (non-hydrogen) atoms. The Morgan fingerprint density at radius 2 is 1.96 bits per heavy atom. The van der Waals surface area contributed by atoms with Crippen molar-refractivity contribution < 1.29 is 14.6 Å². The van der Waals surface area contributed by atoms with Crippen LogP contribution in [-0.4, -0.2) is 36.9 Å². The highest BCUT2D eigenvalue weighted by Crippen LogP contribution is 2.23. The fraction of sp³-hybridized carbons (Fsp3) is 0.632. The molecule has 1 saturated carbocycles. The molecule has 0 heterocycles. The number of benzene rings is 1. The van der Waals surface area contributed by atoms with Crippen molar-refractivity contribution in [2.24, 2.45) is 5.92 Å². The summed E-state index contributed by atoms with van der Waals surface area (Å²) >= 11 is 0. The Balaban J connectivity index is 1.52. The average molecular weight is 334 g/mol. The molecule has 1 atom stereocenters. The van der Waals surface area contributed by atoms with Gasteiger partial charge in [0.15, 0.2) is 0 Å². The SMILES string of the molecule is CC(OCCCNC(=O)NC1CCC(CO)CC1)c1ccccc1. The minimum absolute atomic E-state index is 0.0711. The van der Waals surface area contributed by atoms with Gasteiger partial charge in [0.1, 0.15) is 0 Å². The van der Waals surface area contributed by atoms with Crippen LogP contribution in [0, 0.1) is 5.92 Å². The van der Waals surface area contributed by atoms with Crippen molar-refractivity contribution in [2.45, 2.75) is 51.2 Å². The number of hydrogen-bond acceptors (Lipinski definition) is 3. The molecule has 0 aromatic heterocycles. The lowest BCUT2D eigenvalue weighted by Gasteiger charge is -2.27. The molecule has 0 spiro atoms. The molecule has 1 aromatic rings. The van der Waals surface area contributed by atoms with Crippen LogP contribution in [0.15, 0.2) is 30.3 Å². The first kappa shape index (κ1) is 18.7. The predicted octanol–water partition coefficient (Wildman–Crippen LogP) is 3.00. The van der Waals surface area contributed by atoms with Gasteiger partial charge in [-0.05, 0) is 50.5 Å². The van der Waals surface area contributed by atoms with E-state index >= 15 is 0 Å². The molecular weight excluding hydrogens is 304 g/mol. The van der Waals surface area contributed by atoms with Gasteiger partial charge in [0.2, 0.25) is 0 Å². The van der Waals surface area contributed by atoms with Crippen LogP contribution in [0.4, 0.5) is 4.79 Å². The molecule has 2 rings (SSSR count). The highest BCUT2D eigenvalue weighted by molar-refractivity contribution is 5.74. The van der Waals surface area contributed by atoms with Gasteiger partial charge in [-0.3, -0.25) is 0 Å². The van der Waals surface area contributed by atoms with Crippen molar-refractivity contribution in [3.8, 4) is 0 Å². The van der Waals surface area contributed by atoms with E-state index in [4.69, 9.17) is 9.84 Å². The Kier molecular flexibility index (Phi) is 8.05. The molecule has 5 nitrogen and oxygen atoms in total. The molecule has 5 heteroatoms. The zero-order valence-electron chi connectivity index (χ0n) is 14.5. The smallest absolute Gasteiger partial charge is 0.315 e. The van der Waals surface area contributed by atoms with Gasteiger partial charge in [0, 0.05) is 25.8 Å². The average Bonchev–Trinajstić information content (AvgIpc) is 2.62. The normalized spacial score (nSPS) is 21.9. The fourth-order valence-corrected chi connectivity index (χ4v) is 3.08. The molecule has 0 aliphatic heterocycles. The molecule has 0 bridgehead atoms. The van der Waals surface area contributed by atoms with Crippen LogP contribution in [0.5, 0.6) is 0 Å². The minimum atomic E-state index is -0.0986. The number of rotatable bonds is 8. The molecule has 1 fully saturated rings. The van der Waals surface area contributed by atoms with E-state index in [2.05, 4.69) is 22.8 Å². The first-order valence-electron chi connectivity index (χ1n) is 9.00. The van der Waals surface area contributed by atoms with Gasteiger partial charge >= 0.3 is 6.03 Å². The highest BCUT2D eigenvalue weighted by atomic mass is 16.5. The third kappa shape index (κ3) is 6.49. The molecule has 1 aliphatic rings. The summed E-state index contributed by atoms with van der Waals surface area (Å²) in [5.41, 5.74) is 1.17. The van der Waals surface area contributed by atoms with Gasteiger partial charge in [-0.25, -0.2) is 4.79 Å². The third-order valence-electron chi connectivity index (χ3n) is 4.68. The molecule has 134 valence electrons. The lowest BCUT2D eigenvalue weighted by molar-refractivity contribution is 0.0644. The topological polar surface area (TPSA) is 70.6 Å². The maximum absolute atomic E-state index is 11.9. The third-order valence-corrected chi connectivity index (χ3v) is 4.68. The second kappa shape index (κ2) is 10.3. The van der Waals surface area contributed by atoms with Gasteiger partial charge in [-0.2, -0.15) is 0 Å². The largest absolute Gasteiger partial charge is 0.396 e. The van der Waals surface area contributed by atoms with Crippen molar-refractivity contribution in [1.29, 1.82) is 0 Å². The highest BCUT2D eigenvalue weighted by Gasteiger charge is 2.21. The van der Waals surface area contributed by atoms with Crippen molar-refractivity contribution in [1.82, 2.24) is 10.6 Å². The van der Waals surface area contributed by atoms with Crippen molar-refractivity contribution >= 4 is 6.03 Å². The van der Waals surface area contributed by atoms with Gasteiger partial charge in [0.25, 0.3) is 0 Å². The van der Waals surface area contributed by atoms with E-state index < -0.39 is 0 Å². The van der Waals surface area contributed by atoms with E-state index in [-0.39, 0.29) is 24.8 Å². The van der Waals surface area contributed by atoms with Crippen molar-refractivity contribution in [2.75, 3.05) is 19.8 Å². The quantitative estimate of drug-likeness (QED) is 0.640. The molecular formula is C19H30N2O3. The number of urea groups is 1. The predicted molar refractivity (Wildman–Crippen MR) is 94.8 cm³/mol. The maximum atomic E-state index is 11.9. The van der Waals surface area contributed by atoms with E-state index in [0.717, 1.165) is 32.1 Å². The molecule has 2 amide bonds. The van der Waals surface area contributed by atoms with E-state index in [1.165, 1.54) is 5.56 Å². The molecule has 1 aromatic carbocycles. The second-order valence-corrected chi connectivity index (χ2v) is 6.58. The summed E-state index contributed by atoms with van der Waals surface area (Å²) in [5.74, 6) is 0.412. The van der Waals surface area contributed by atoms with Crippen molar-refractivity contribution in [3.05, 3.63) is 35.9 Å². The van der Waals surface area contributed by atoms with Gasteiger partial charge in [-0.1, -0.05) is 30.3 Å². The summed E-state index contributed by atoms with van der Waals surface area (Å²) in [5, 5.41) is 15.0. The lowest BCUT2D eigenvalue weighted by Crippen LogP contribution is -2.44.